The molecule has 1 saturated heterocycles. The van der Waals surface area contributed by atoms with Gasteiger partial charge in [-0.2, -0.15) is 9.61 Å². The highest BCUT2D eigenvalue weighted by atomic mass is 79.9. The summed E-state index contributed by atoms with van der Waals surface area (Å²) in [6.07, 6.45) is 7.60. The maximum Gasteiger partial charge on any atom is 0.317 e. The first-order chi connectivity index (χ1) is 15.6. The zero-order chi connectivity index (χ0) is 22.2. The quantitative estimate of drug-likeness (QED) is 0.450. The number of nitrogens with one attached hydrogen (secondary N) is 1. The molecule has 1 aliphatic rings. The highest BCUT2D eigenvalue weighted by Crippen LogP contribution is 2.37. The molecule has 4 aromatic rings. The van der Waals surface area contributed by atoms with Crippen LogP contribution >= 0.6 is 15.9 Å². The Morgan fingerprint density at radius 3 is 2.66 bits per heavy atom. The Labute approximate surface area is 194 Å². The summed E-state index contributed by atoms with van der Waals surface area (Å²) in [5, 5.41) is 7.20. The summed E-state index contributed by atoms with van der Waals surface area (Å²) in [4.78, 5) is 18.8. The van der Waals surface area contributed by atoms with Gasteiger partial charge >= 0.3 is 6.03 Å². The average molecular weight is 494 g/mol. The molecular formula is C23H24BrN7O. The number of aromatic nitrogens is 4. The standard InChI is InChI=1S/C23H24BrN7O/c1-26-23(32)29-10-7-15(8-11-29)20-19(24)21(25)31-22(28-20)18(13-27-31)16-9-12-30(14-16)17-5-3-2-4-6-17/h2-6,9,12-15H,7-8,10-11,25H2,1H3,(H,26,32). The van der Waals surface area contributed by atoms with Crippen LogP contribution in [-0.2, 0) is 0 Å². The average Bonchev–Trinajstić information content (AvgIpc) is 3.49. The lowest BCUT2D eigenvalue weighted by Crippen LogP contribution is -2.42. The SMILES string of the molecule is CNC(=O)N1CCC(c2nc3c(-c4ccn(-c5ccccc5)c4)cnn3c(N)c2Br)CC1. The Hall–Kier alpha value is -3.33. The summed E-state index contributed by atoms with van der Waals surface area (Å²) in [5.41, 5.74) is 11.2. The number of carbonyl (C=O) groups excluding carboxylic acids is 1. The summed E-state index contributed by atoms with van der Waals surface area (Å²) in [6, 6.07) is 12.2. The van der Waals surface area contributed by atoms with Gasteiger partial charge in [-0.25, -0.2) is 9.78 Å². The first-order valence-corrected chi connectivity index (χ1v) is 11.4. The van der Waals surface area contributed by atoms with E-state index in [-0.39, 0.29) is 11.9 Å². The number of benzene rings is 1. The lowest BCUT2D eigenvalue weighted by molar-refractivity contribution is 0.183. The number of hydrogen-bond acceptors (Lipinski definition) is 4. The molecule has 0 saturated carbocycles. The molecule has 3 N–H and O–H groups in total. The van der Waals surface area contributed by atoms with Crippen LogP contribution in [0.15, 0.2) is 59.5 Å². The monoisotopic (exact) mass is 493 g/mol. The zero-order valence-corrected chi connectivity index (χ0v) is 19.3. The number of halogens is 1. The minimum atomic E-state index is -0.0357. The van der Waals surface area contributed by atoms with E-state index in [9.17, 15) is 4.79 Å². The normalized spacial score (nSPS) is 14.8. The Morgan fingerprint density at radius 2 is 1.94 bits per heavy atom. The van der Waals surface area contributed by atoms with Gasteiger partial charge in [-0.05, 0) is 47.0 Å². The molecular weight excluding hydrogens is 470 g/mol. The Kier molecular flexibility index (Phi) is 5.34. The van der Waals surface area contributed by atoms with Crippen LogP contribution in [0.25, 0.3) is 22.5 Å². The summed E-state index contributed by atoms with van der Waals surface area (Å²) in [7, 11) is 1.66. The smallest absolute Gasteiger partial charge is 0.317 e. The topological polar surface area (TPSA) is 93.5 Å². The first-order valence-electron chi connectivity index (χ1n) is 10.6. The minimum absolute atomic E-state index is 0.0357. The minimum Gasteiger partial charge on any atom is -0.383 e. The number of piperidine rings is 1. The third kappa shape index (κ3) is 3.52. The van der Waals surface area contributed by atoms with E-state index in [1.807, 2.05) is 35.5 Å². The van der Waals surface area contributed by atoms with E-state index in [4.69, 9.17) is 10.7 Å². The number of hydrogen-bond donors (Lipinski definition) is 2. The van der Waals surface area contributed by atoms with Crippen LogP contribution in [0.1, 0.15) is 24.5 Å². The number of nitrogen functional groups attached to an aromatic ring is 1. The van der Waals surface area contributed by atoms with Gasteiger partial charge in [-0.3, -0.25) is 0 Å². The molecule has 1 aromatic carbocycles. The number of urea groups is 1. The number of amides is 2. The van der Waals surface area contributed by atoms with Crippen molar-refractivity contribution >= 4 is 33.4 Å². The molecule has 0 bridgehead atoms. The molecule has 0 spiro atoms. The fourth-order valence-electron chi connectivity index (χ4n) is 4.32. The predicted molar refractivity (Wildman–Crippen MR) is 128 cm³/mol. The fraction of sp³-hybridized carbons (Fsp3) is 0.261. The van der Waals surface area contributed by atoms with Gasteiger partial charge in [-0.1, -0.05) is 18.2 Å². The van der Waals surface area contributed by atoms with E-state index in [2.05, 4.69) is 55.3 Å². The molecule has 1 fully saturated rings. The number of nitrogens with zero attached hydrogens (tertiary/aromatic N) is 5. The van der Waals surface area contributed by atoms with Crippen molar-refractivity contribution in [2.45, 2.75) is 18.8 Å². The first kappa shape index (κ1) is 20.6. The van der Waals surface area contributed by atoms with E-state index in [1.165, 1.54) is 0 Å². The lowest BCUT2D eigenvalue weighted by Gasteiger charge is -2.31. The van der Waals surface area contributed by atoms with Gasteiger partial charge in [0.15, 0.2) is 5.65 Å². The van der Waals surface area contributed by atoms with Crippen LogP contribution in [0.5, 0.6) is 0 Å². The fourth-order valence-corrected chi connectivity index (χ4v) is 4.90. The van der Waals surface area contributed by atoms with Crippen molar-refractivity contribution in [3.63, 3.8) is 0 Å². The second-order valence-electron chi connectivity index (χ2n) is 7.95. The molecule has 1 aliphatic heterocycles. The van der Waals surface area contributed by atoms with Crippen molar-refractivity contribution in [2.75, 3.05) is 25.9 Å². The Bertz CT molecular complexity index is 1270. The van der Waals surface area contributed by atoms with Crippen LogP contribution in [-0.4, -0.2) is 50.2 Å². The van der Waals surface area contributed by atoms with Crippen LogP contribution in [0.2, 0.25) is 0 Å². The summed E-state index contributed by atoms with van der Waals surface area (Å²) in [5.74, 6) is 0.752. The van der Waals surface area contributed by atoms with Crippen LogP contribution < -0.4 is 11.1 Å². The second-order valence-corrected chi connectivity index (χ2v) is 8.74. The van der Waals surface area contributed by atoms with Gasteiger partial charge in [0.05, 0.1) is 16.4 Å². The van der Waals surface area contributed by atoms with Gasteiger partial charge in [0.2, 0.25) is 0 Å². The van der Waals surface area contributed by atoms with Gasteiger partial charge < -0.3 is 20.5 Å². The second kappa shape index (κ2) is 8.31. The van der Waals surface area contributed by atoms with E-state index in [0.717, 1.165) is 45.5 Å². The van der Waals surface area contributed by atoms with Crippen molar-refractivity contribution in [3.05, 3.63) is 65.2 Å². The number of rotatable bonds is 3. The number of fused-ring (bicyclic) bond motifs is 1. The lowest BCUT2D eigenvalue weighted by atomic mass is 9.93. The third-order valence-corrected chi connectivity index (χ3v) is 6.90. The van der Waals surface area contributed by atoms with Crippen molar-refractivity contribution in [1.29, 1.82) is 0 Å². The van der Waals surface area contributed by atoms with Gasteiger partial charge in [0, 0.05) is 55.3 Å². The molecule has 0 radical (unpaired) electrons. The van der Waals surface area contributed by atoms with Crippen molar-refractivity contribution in [1.82, 2.24) is 29.4 Å². The molecule has 9 heteroatoms. The summed E-state index contributed by atoms with van der Waals surface area (Å²) in [6.45, 7) is 1.38. The molecule has 164 valence electrons. The van der Waals surface area contributed by atoms with Crippen molar-refractivity contribution < 1.29 is 4.79 Å². The number of nitrogens with two attached hydrogens (primary N) is 1. The van der Waals surface area contributed by atoms with E-state index < -0.39 is 0 Å². The van der Waals surface area contributed by atoms with Crippen LogP contribution in [0.3, 0.4) is 0 Å². The van der Waals surface area contributed by atoms with E-state index >= 15 is 0 Å². The number of likely N-dealkylation sites (tertiary alicyclic amines) is 1. The number of anilines is 1. The van der Waals surface area contributed by atoms with Gasteiger partial charge in [0.1, 0.15) is 5.82 Å². The van der Waals surface area contributed by atoms with Gasteiger partial charge in [-0.15, -0.1) is 0 Å². The molecule has 0 atom stereocenters. The highest BCUT2D eigenvalue weighted by molar-refractivity contribution is 9.10. The van der Waals surface area contributed by atoms with Crippen molar-refractivity contribution in [2.24, 2.45) is 0 Å². The number of para-hydroxylation sites is 1. The highest BCUT2D eigenvalue weighted by Gasteiger charge is 2.28. The molecule has 0 aliphatic carbocycles. The van der Waals surface area contributed by atoms with Gasteiger partial charge in [0.25, 0.3) is 0 Å². The molecule has 4 heterocycles. The molecule has 0 unspecified atom stereocenters. The molecule has 3 aromatic heterocycles. The molecule has 5 rings (SSSR count). The van der Waals surface area contributed by atoms with E-state index in [0.29, 0.717) is 18.9 Å². The zero-order valence-electron chi connectivity index (χ0n) is 17.7. The van der Waals surface area contributed by atoms with Crippen LogP contribution in [0, 0.1) is 0 Å². The third-order valence-electron chi connectivity index (χ3n) is 6.09. The number of carbonyl (C=O) groups is 1. The molecule has 8 nitrogen and oxygen atoms in total. The maximum atomic E-state index is 11.9. The Morgan fingerprint density at radius 1 is 1.19 bits per heavy atom. The summed E-state index contributed by atoms with van der Waals surface area (Å²) >= 11 is 3.65. The largest absolute Gasteiger partial charge is 0.383 e. The maximum absolute atomic E-state index is 11.9. The van der Waals surface area contributed by atoms with Crippen LogP contribution in [0.4, 0.5) is 10.6 Å². The summed E-state index contributed by atoms with van der Waals surface area (Å²) < 4.78 is 4.54. The van der Waals surface area contributed by atoms with E-state index in [1.54, 1.807) is 11.6 Å². The van der Waals surface area contributed by atoms with Crippen molar-refractivity contribution in [3.8, 4) is 16.8 Å². The Balaban J connectivity index is 1.50. The predicted octanol–water partition coefficient (Wildman–Crippen LogP) is 4.05. The molecule has 2 amide bonds. The molecule has 32 heavy (non-hydrogen) atoms.